The van der Waals surface area contributed by atoms with Crippen LogP contribution in [0.15, 0.2) is 12.7 Å². The second-order valence-corrected chi connectivity index (χ2v) is 6.22. The van der Waals surface area contributed by atoms with Gasteiger partial charge >= 0.3 is 0 Å². The number of carbonyl (C=O) groups is 1. The molecule has 0 saturated carbocycles. The number of allylic oxidation sites excluding steroid dienone is 1. The molecule has 1 aromatic heterocycles. The number of aromatic nitrogens is 2. The van der Waals surface area contributed by atoms with E-state index in [0.29, 0.717) is 13.0 Å². The molecule has 3 nitrogen and oxygen atoms in total. The molecule has 124 valence electrons. The van der Waals surface area contributed by atoms with Gasteiger partial charge in [0.15, 0.2) is 5.78 Å². The van der Waals surface area contributed by atoms with E-state index < -0.39 is 0 Å². The highest BCUT2D eigenvalue weighted by Gasteiger charge is 2.19. The molecule has 0 aliphatic carbocycles. The van der Waals surface area contributed by atoms with E-state index in [4.69, 9.17) is 0 Å². The molecule has 0 aliphatic heterocycles. The van der Waals surface area contributed by atoms with Crippen LogP contribution >= 0.6 is 0 Å². The van der Waals surface area contributed by atoms with Gasteiger partial charge < -0.3 is 4.57 Å². The van der Waals surface area contributed by atoms with Crippen LogP contribution in [0.2, 0.25) is 0 Å². The summed E-state index contributed by atoms with van der Waals surface area (Å²) in [6.07, 6.45) is 7.08. The van der Waals surface area contributed by atoms with Crippen molar-refractivity contribution >= 4 is 17.9 Å². The zero-order valence-corrected chi connectivity index (χ0v) is 15.4. The Kier molecular flexibility index (Phi) is 8.69. The lowest BCUT2D eigenvalue weighted by Crippen LogP contribution is -2.19. The summed E-state index contributed by atoms with van der Waals surface area (Å²) in [6, 6.07) is 0. The number of aryl methyl sites for hydroxylation is 1. The fourth-order valence-corrected chi connectivity index (χ4v) is 2.30. The molecule has 0 N–H and O–H groups in total. The van der Waals surface area contributed by atoms with Crippen LogP contribution in [0.5, 0.6) is 0 Å². The minimum absolute atomic E-state index is 0.0184. The highest BCUT2D eigenvalue weighted by atomic mass is 16.1. The molecule has 1 rings (SSSR count). The molecule has 0 unspecified atom stereocenters. The van der Waals surface area contributed by atoms with Crippen LogP contribution in [0.25, 0.3) is 12.2 Å². The molecule has 0 radical (unpaired) electrons. The number of hydrogen-bond acceptors (Lipinski definition) is 2. The van der Waals surface area contributed by atoms with Crippen LogP contribution < -0.4 is 0 Å². The Bertz CT molecular complexity index is 516. The smallest absolute Gasteiger partial charge is 0.153 e. The Morgan fingerprint density at radius 3 is 2.32 bits per heavy atom. The average molecular weight is 304 g/mol. The van der Waals surface area contributed by atoms with Crippen molar-refractivity contribution in [3.63, 3.8) is 0 Å². The summed E-state index contributed by atoms with van der Waals surface area (Å²) in [5.74, 6) is 1.18. The van der Waals surface area contributed by atoms with Crippen molar-refractivity contribution in [1.82, 2.24) is 9.55 Å². The van der Waals surface area contributed by atoms with Gasteiger partial charge in [0.2, 0.25) is 0 Å². The van der Waals surface area contributed by atoms with Gasteiger partial charge in [0.05, 0.1) is 17.9 Å². The number of ketones is 1. The molecule has 1 aromatic rings. The fraction of sp³-hybridized carbons (Fsp3) is 0.579. The lowest BCUT2D eigenvalue weighted by Gasteiger charge is -2.17. The first-order valence-electron chi connectivity index (χ1n) is 8.18. The van der Waals surface area contributed by atoms with Crippen LogP contribution in [0.1, 0.15) is 72.1 Å². The summed E-state index contributed by atoms with van der Waals surface area (Å²) in [5, 5.41) is 0. The minimum atomic E-state index is 0.0184. The summed E-state index contributed by atoms with van der Waals surface area (Å²) in [6.45, 7) is 18.5. The molecule has 22 heavy (non-hydrogen) atoms. The van der Waals surface area contributed by atoms with Gasteiger partial charge in [0.1, 0.15) is 5.82 Å². The molecular formula is C19H32N2O. The first-order valence-corrected chi connectivity index (χ1v) is 8.18. The molecule has 3 heteroatoms. The number of carbonyl (C=O) groups excluding carboxylic acids is 1. The van der Waals surface area contributed by atoms with Gasteiger partial charge in [-0.05, 0) is 24.5 Å². The summed E-state index contributed by atoms with van der Waals surface area (Å²) in [7, 11) is 0. The van der Waals surface area contributed by atoms with Crippen LogP contribution in [0.3, 0.4) is 0 Å². The molecule has 1 heterocycles. The van der Waals surface area contributed by atoms with E-state index in [0.717, 1.165) is 23.6 Å². The largest absolute Gasteiger partial charge is 0.320 e. The lowest BCUT2D eigenvalue weighted by atomic mass is 9.90. The van der Waals surface area contributed by atoms with Crippen molar-refractivity contribution in [1.29, 1.82) is 0 Å². The van der Waals surface area contributed by atoms with E-state index in [1.54, 1.807) is 6.08 Å². The van der Waals surface area contributed by atoms with Crippen molar-refractivity contribution in [2.75, 3.05) is 0 Å². The van der Waals surface area contributed by atoms with Crippen LogP contribution in [0.4, 0.5) is 0 Å². The zero-order valence-electron chi connectivity index (χ0n) is 15.4. The number of nitrogens with zero attached hydrogens (tertiary/aromatic N) is 2. The van der Waals surface area contributed by atoms with Gasteiger partial charge in [-0.1, -0.05) is 54.2 Å². The van der Waals surface area contributed by atoms with Crippen molar-refractivity contribution in [2.45, 2.75) is 67.9 Å². The number of rotatable bonds is 6. The summed E-state index contributed by atoms with van der Waals surface area (Å²) >= 11 is 0. The van der Waals surface area contributed by atoms with Crippen molar-refractivity contribution < 1.29 is 4.79 Å². The molecule has 0 spiro atoms. The van der Waals surface area contributed by atoms with Crippen molar-refractivity contribution in [3.05, 3.63) is 29.9 Å². The first kappa shape index (κ1) is 20.4. The van der Waals surface area contributed by atoms with Crippen LogP contribution in [-0.2, 0) is 17.8 Å². The maximum Gasteiger partial charge on any atom is 0.153 e. The standard InChI is InChI=1S/C17H26N2O.C2H6/c1-7-10-14-15(8-2)19(16(9-3)18-14)12-13(20)11-17(4,5)6;1-2/h7-8,10H,2,9,11-12H2,1,3-6H3;1-2H3/b10-7-;. The van der Waals surface area contributed by atoms with Gasteiger partial charge in [-0.25, -0.2) is 4.98 Å². The highest BCUT2D eigenvalue weighted by molar-refractivity contribution is 5.79. The molecule has 0 fully saturated rings. The van der Waals surface area contributed by atoms with Gasteiger partial charge in [0, 0.05) is 12.8 Å². The zero-order chi connectivity index (χ0) is 17.3. The quantitative estimate of drug-likeness (QED) is 0.728. The number of hydrogen-bond donors (Lipinski definition) is 0. The van der Waals surface area contributed by atoms with Gasteiger partial charge in [-0.3, -0.25) is 4.79 Å². The Morgan fingerprint density at radius 1 is 1.32 bits per heavy atom. The Hall–Kier alpha value is -1.64. The summed E-state index contributed by atoms with van der Waals surface area (Å²) < 4.78 is 2.00. The van der Waals surface area contributed by atoms with E-state index in [2.05, 4.69) is 39.3 Å². The third kappa shape index (κ3) is 6.00. The van der Waals surface area contributed by atoms with Crippen molar-refractivity contribution in [2.24, 2.45) is 5.41 Å². The topological polar surface area (TPSA) is 34.9 Å². The Labute approximate surface area is 136 Å². The Morgan fingerprint density at radius 2 is 1.91 bits per heavy atom. The monoisotopic (exact) mass is 304 g/mol. The van der Waals surface area contributed by atoms with E-state index in [-0.39, 0.29) is 11.2 Å². The highest BCUT2D eigenvalue weighted by Crippen LogP contribution is 2.21. The molecule has 0 amide bonds. The van der Waals surface area contributed by atoms with Gasteiger partial charge in [-0.2, -0.15) is 0 Å². The molecule has 0 aliphatic rings. The second-order valence-electron chi connectivity index (χ2n) is 6.22. The summed E-state index contributed by atoms with van der Waals surface area (Å²) in [4.78, 5) is 16.8. The van der Waals surface area contributed by atoms with Gasteiger partial charge in [-0.15, -0.1) is 0 Å². The Balaban J connectivity index is 0.00000211. The predicted molar refractivity (Wildman–Crippen MR) is 96.8 cm³/mol. The van der Waals surface area contributed by atoms with Crippen LogP contribution in [-0.4, -0.2) is 15.3 Å². The lowest BCUT2D eigenvalue weighted by molar-refractivity contribution is -0.121. The minimum Gasteiger partial charge on any atom is -0.320 e. The number of Topliss-reactive ketones (excluding diaryl/α,β-unsaturated/α-hetero) is 1. The molecule has 0 bridgehead atoms. The summed E-state index contributed by atoms with van der Waals surface area (Å²) in [5.41, 5.74) is 1.84. The predicted octanol–water partition coefficient (Wildman–Crippen LogP) is 5.15. The van der Waals surface area contributed by atoms with Gasteiger partial charge in [0.25, 0.3) is 0 Å². The van der Waals surface area contributed by atoms with E-state index in [9.17, 15) is 4.79 Å². The second kappa shape index (κ2) is 9.39. The van der Waals surface area contributed by atoms with Crippen molar-refractivity contribution in [3.8, 4) is 0 Å². The first-order chi connectivity index (χ1) is 10.3. The SMILES string of the molecule is C=Cc1c(/C=C\C)nc(CC)n1CC(=O)CC(C)(C)C.CC. The maximum atomic E-state index is 12.2. The third-order valence-corrected chi connectivity index (χ3v) is 3.01. The third-order valence-electron chi connectivity index (χ3n) is 3.01. The molecule has 0 atom stereocenters. The maximum absolute atomic E-state index is 12.2. The average Bonchev–Trinajstić information content (AvgIpc) is 2.76. The van der Waals surface area contributed by atoms with E-state index >= 15 is 0 Å². The van der Waals surface area contributed by atoms with E-state index in [1.807, 2.05) is 37.5 Å². The van der Waals surface area contributed by atoms with Crippen LogP contribution in [0, 0.1) is 5.41 Å². The molecule has 0 aromatic carbocycles. The number of imidazole rings is 1. The normalized spacial score (nSPS) is 11.2. The molecular weight excluding hydrogens is 272 g/mol. The fourth-order valence-electron chi connectivity index (χ4n) is 2.30. The van der Waals surface area contributed by atoms with E-state index in [1.165, 1.54) is 0 Å². The molecule has 0 saturated heterocycles.